The first-order valence-corrected chi connectivity index (χ1v) is 12.4. The number of aromatic nitrogens is 1. The molecule has 1 saturated carbocycles. The summed E-state index contributed by atoms with van der Waals surface area (Å²) in [6.45, 7) is 3.27. The van der Waals surface area contributed by atoms with Gasteiger partial charge in [-0.15, -0.1) is 0 Å². The maximum Gasteiger partial charge on any atom is 0.266 e. The molecule has 2 heterocycles. The Morgan fingerprint density at radius 2 is 2.12 bits per heavy atom. The molecule has 6 nitrogen and oxygen atoms in total. The maximum absolute atomic E-state index is 12.9. The van der Waals surface area contributed by atoms with Crippen LogP contribution in [0.15, 0.2) is 29.3 Å². The SMILES string of the molecule is CCc1cccc2c(/C=C3\SC(=S)N(CCOC)C3=O)cn(CC(=O)NC3CCCC3)c12. The topological polar surface area (TPSA) is 63.6 Å². The van der Waals surface area contributed by atoms with Crippen molar-refractivity contribution in [1.82, 2.24) is 14.8 Å². The molecule has 1 N–H and O–H groups in total. The van der Waals surface area contributed by atoms with Crippen LogP contribution in [0.3, 0.4) is 0 Å². The molecule has 1 saturated heterocycles. The Kier molecular flexibility index (Phi) is 7.33. The zero-order chi connectivity index (χ0) is 22.7. The van der Waals surface area contributed by atoms with E-state index in [1.807, 2.05) is 22.9 Å². The average Bonchev–Trinajstić information content (AvgIpc) is 3.47. The minimum atomic E-state index is -0.0939. The number of aryl methyl sites for hydroxylation is 1. The van der Waals surface area contributed by atoms with E-state index in [1.165, 1.54) is 30.2 Å². The molecule has 170 valence electrons. The Morgan fingerprint density at radius 3 is 2.84 bits per heavy atom. The number of carbonyl (C=O) groups is 2. The average molecular weight is 472 g/mol. The Hall–Kier alpha value is -2.16. The normalized spacial score (nSPS) is 18.4. The number of ether oxygens (including phenoxy) is 1. The van der Waals surface area contributed by atoms with Gasteiger partial charge in [-0.3, -0.25) is 14.5 Å². The summed E-state index contributed by atoms with van der Waals surface area (Å²) in [5.74, 6) is -0.0549. The monoisotopic (exact) mass is 471 g/mol. The number of rotatable bonds is 8. The Balaban J connectivity index is 1.65. The number of fused-ring (bicyclic) bond motifs is 1. The zero-order valence-corrected chi connectivity index (χ0v) is 20.2. The van der Waals surface area contributed by atoms with Crippen molar-refractivity contribution in [3.8, 4) is 0 Å². The smallest absolute Gasteiger partial charge is 0.266 e. The second-order valence-corrected chi connectivity index (χ2v) is 9.93. The van der Waals surface area contributed by atoms with Gasteiger partial charge < -0.3 is 14.6 Å². The van der Waals surface area contributed by atoms with E-state index in [2.05, 4.69) is 24.4 Å². The van der Waals surface area contributed by atoms with E-state index in [0.717, 1.165) is 35.7 Å². The van der Waals surface area contributed by atoms with E-state index >= 15 is 0 Å². The summed E-state index contributed by atoms with van der Waals surface area (Å²) >= 11 is 6.72. The molecule has 1 aromatic carbocycles. The Morgan fingerprint density at radius 1 is 1.34 bits per heavy atom. The van der Waals surface area contributed by atoms with Crippen molar-refractivity contribution in [2.24, 2.45) is 0 Å². The molecule has 0 radical (unpaired) electrons. The van der Waals surface area contributed by atoms with Crippen molar-refractivity contribution in [2.45, 2.75) is 51.6 Å². The molecule has 1 aliphatic heterocycles. The van der Waals surface area contributed by atoms with E-state index in [0.29, 0.717) is 28.4 Å². The van der Waals surface area contributed by atoms with Gasteiger partial charge in [-0.05, 0) is 30.9 Å². The zero-order valence-electron chi connectivity index (χ0n) is 18.6. The lowest BCUT2D eigenvalue weighted by Crippen LogP contribution is -2.35. The molecule has 0 atom stereocenters. The number of hydrogen-bond acceptors (Lipinski definition) is 5. The van der Waals surface area contributed by atoms with Crippen LogP contribution in [0.2, 0.25) is 0 Å². The van der Waals surface area contributed by atoms with Crippen LogP contribution >= 0.6 is 24.0 Å². The third-order valence-corrected chi connectivity index (χ3v) is 7.48. The minimum Gasteiger partial charge on any atom is -0.383 e. The maximum atomic E-state index is 12.9. The van der Waals surface area contributed by atoms with Gasteiger partial charge in [-0.1, -0.05) is 61.9 Å². The second kappa shape index (κ2) is 10.2. The molecule has 1 aliphatic carbocycles. The predicted octanol–water partition coefficient (Wildman–Crippen LogP) is 4.11. The summed E-state index contributed by atoms with van der Waals surface area (Å²) in [4.78, 5) is 27.8. The first-order valence-electron chi connectivity index (χ1n) is 11.2. The van der Waals surface area contributed by atoms with Gasteiger partial charge in [0.05, 0.1) is 23.6 Å². The van der Waals surface area contributed by atoms with Crippen LogP contribution in [0, 0.1) is 0 Å². The van der Waals surface area contributed by atoms with E-state index in [1.54, 1.807) is 12.0 Å². The first kappa shape index (κ1) is 23.0. The van der Waals surface area contributed by atoms with E-state index in [9.17, 15) is 9.59 Å². The summed E-state index contributed by atoms with van der Waals surface area (Å²) in [6, 6.07) is 6.48. The van der Waals surface area contributed by atoms with Crippen LogP contribution in [-0.2, 0) is 27.3 Å². The second-order valence-electron chi connectivity index (χ2n) is 8.25. The molecular weight excluding hydrogens is 442 g/mol. The molecule has 2 aliphatic rings. The van der Waals surface area contributed by atoms with Gasteiger partial charge in [0, 0.05) is 30.3 Å². The number of hydrogen-bond donors (Lipinski definition) is 1. The standard InChI is InChI=1S/C24H29N3O3S2/c1-3-16-7-6-10-19-17(13-20-23(29)27(11-12-30-2)24(31)32-20)14-26(22(16)19)15-21(28)25-18-8-4-5-9-18/h6-7,10,13-14,18H,3-5,8-9,11-12,15H2,1-2H3,(H,25,28)/b20-13-. The lowest BCUT2D eigenvalue weighted by Gasteiger charge is -2.13. The van der Waals surface area contributed by atoms with Crippen LogP contribution in [0.1, 0.15) is 43.7 Å². The molecule has 2 amide bonds. The molecule has 1 aromatic heterocycles. The van der Waals surface area contributed by atoms with E-state index < -0.39 is 0 Å². The summed E-state index contributed by atoms with van der Waals surface area (Å²) in [5.41, 5.74) is 3.16. The highest BCUT2D eigenvalue weighted by Gasteiger charge is 2.32. The highest BCUT2D eigenvalue weighted by Crippen LogP contribution is 2.35. The summed E-state index contributed by atoms with van der Waals surface area (Å²) in [5, 5.41) is 4.22. The highest BCUT2D eigenvalue weighted by atomic mass is 32.2. The van der Waals surface area contributed by atoms with E-state index in [4.69, 9.17) is 17.0 Å². The Labute approximate surface area is 198 Å². The molecule has 0 unspecified atom stereocenters. The third kappa shape index (κ3) is 4.77. The van der Waals surface area contributed by atoms with Crippen molar-refractivity contribution < 1.29 is 14.3 Å². The number of nitrogens with zero attached hydrogens (tertiary/aromatic N) is 2. The molecule has 2 aromatic rings. The van der Waals surface area contributed by atoms with Gasteiger partial charge in [0.25, 0.3) is 5.91 Å². The summed E-state index contributed by atoms with van der Waals surface area (Å²) in [6.07, 6.45) is 9.25. The molecule has 0 spiro atoms. The van der Waals surface area contributed by atoms with Crippen molar-refractivity contribution in [3.63, 3.8) is 0 Å². The number of para-hydroxylation sites is 1. The molecule has 32 heavy (non-hydrogen) atoms. The highest BCUT2D eigenvalue weighted by molar-refractivity contribution is 8.26. The van der Waals surface area contributed by atoms with Crippen molar-refractivity contribution >= 4 is 57.1 Å². The quantitative estimate of drug-likeness (QED) is 0.464. The number of carbonyl (C=O) groups excluding carboxylic acids is 2. The summed E-state index contributed by atoms with van der Waals surface area (Å²) < 4.78 is 7.67. The fraction of sp³-hybridized carbons (Fsp3) is 0.458. The number of amides is 2. The van der Waals surface area contributed by atoms with Gasteiger partial charge in [-0.2, -0.15) is 0 Å². The van der Waals surface area contributed by atoms with Gasteiger partial charge >= 0.3 is 0 Å². The van der Waals surface area contributed by atoms with E-state index in [-0.39, 0.29) is 18.4 Å². The molecule has 4 rings (SSSR count). The predicted molar refractivity (Wildman–Crippen MR) is 133 cm³/mol. The number of thioether (sulfide) groups is 1. The number of benzene rings is 1. The van der Waals surface area contributed by atoms with Crippen LogP contribution in [-0.4, -0.2) is 51.9 Å². The largest absolute Gasteiger partial charge is 0.383 e. The molecular formula is C24H29N3O3S2. The van der Waals surface area contributed by atoms with Gasteiger partial charge in [0.15, 0.2) is 0 Å². The van der Waals surface area contributed by atoms with Crippen LogP contribution < -0.4 is 5.32 Å². The van der Waals surface area contributed by atoms with Crippen molar-refractivity contribution in [2.75, 3.05) is 20.3 Å². The fourth-order valence-corrected chi connectivity index (χ4v) is 5.80. The van der Waals surface area contributed by atoms with Crippen LogP contribution in [0.4, 0.5) is 0 Å². The first-order chi connectivity index (χ1) is 15.5. The third-order valence-electron chi connectivity index (χ3n) is 6.11. The number of thiocarbonyl (C=S) groups is 1. The number of nitrogens with one attached hydrogen (secondary N) is 1. The Bertz CT molecular complexity index is 1070. The fourth-order valence-electron chi connectivity index (χ4n) is 4.51. The van der Waals surface area contributed by atoms with Gasteiger partial charge in [0.2, 0.25) is 5.91 Å². The van der Waals surface area contributed by atoms with Crippen molar-refractivity contribution in [1.29, 1.82) is 0 Å². The van der Waals surface area contributed by atoms with Crippen LogP contribution in [0.25, 0.3) is 17.0 Å². The summed E-state index contributed by atoms with van der Waals surface area (Å²) in [7, 11) is 1.61. The lowest BCUT2D eigenvalue weighted by molar-refractivity contribution is -0.123. The van der Waals surface area contributed by atoms with Gasteiger partial charge in [-0.25, -0.2) is 0 Å². The van der Waals surface area contributed by atoms with Crippen molar-refractivity contribution in [3.05, 3.63) is 40.4 Å². The molecule has 0 bridgehead atoms. The number of methoxy groups -OCH3 is 1. The molecule has 8 heteroatoms. The van der Waals surface area contributed by atoms with Crippen LogP contribution in [0.5, 0.6) is 0 Å². The minimum absolute atomic E-state index is 0.0390. The van der Waals surface area contributed by atoms with Gasteiger partial charge in [0.1, 0.15) is 10.9 Å². The molecule has 2 fully saturated rings. The lowest BCUT2D eigenvalue weighted by atomic mass is 10.1.